The molecule has 2 rings (SSSR count). The van der Waals surface area contributed by atoms with E-state index in [1.807, 2.05) is 0 Å². The third-order valence-corrected chi connectivity index (χ3v) is 3.08. The highest BCUT2D eigenvalue weighted by Crippen LogP contribution is 2.29. The Balaban J connectivity index is 1.97. The number of benzene rings is 2. The average Bonchev–Trinajstić information content (AvgIpc) is 2.53. The summed E-state index contributed by atoms with van der Waals surface area (Å²) in [6, 6.07) is 12.0. The molecule has 0 radical (unpaired) electrons. The lowest BCUT2D eigenvalue weighted by Gasteiger charge is -2.12. The summed E-state index contributed by atoms with van der Waals surface area (Å²) in [5.74, 6) is 1.38. The molecule has 0 bridgehead atoms. The lowest BCUT2D eigenvalue weighted by molar-refractivity contribution is -0.118. The van der Waals surface area contributed by atoms with E-state index in [0.717, 1.165) is 0 Å². The third-order valence-electron chi connectivity index (χ3n) is 2.85. The molecule has 0 fully saturated rings. The summed E-state index contributed by atoms with van der Waals surface area (Å²) < 4.78 is 15.7. The number of ether oxygens (including phenoxy) is 3. The Kier molecular flexibility index (Phi) is 5.49. The highest BCUT2D eigenvalue weighted by atomic mass is 35.5. The van der Waals surface area contributed by atoms with E-state index in [-0.39, 0.29) is 12.5 Å². The normalized spacial score (nSPS) is 9.95. The van der Waals surface area contributed by atoms with Gasteiger partial charge in [0, 0.05) is 11.1 Å². The third kappa shape index (κ3) is 4.30. The predicted molar refractivity (Wildman–Crippen MR) is 85.1 cm³/mol. The summed E-state index contributed by atoms with van der Waals surface area (Å²) in [7, 11) is 3.08. The van der Waals surface area contributed by atoms with Crippen molar-refractivity contribution in [2.24, 2.45) is 0 Å². The van der Waals surface area contributed by atoms with Crippen molar-refractivity contribution in [1.29, 1.82) is 0 Å². The van der Waals surface area contributed by atoms with Gasteiger partial charge in [-0.1, -0.05) is 17.7 Å². The topological polar surface area (TPSA) is 56.8 Å². The molecule has 0 saturated heterocycles. The minimum Gasteiger partial charge on any atom is -0.497 e. The van der Waals surface area contributed by atoms with Crippen molar-refractivity contribution in [3.63, 3.8) is 0 Å². The number of nitrogens with one attached hydrogen (secondary N) is 1. The van der Waals surface area contributed by atoms with Gasteiger partial charge < -0.3 is 19.5 Å². The second-order valence-corrected chi connectivity index (χ2v) is 4.80. The maximum absolute atomic E-state index is 11.9. The number of methoxy groups -OCH3 is 2. The van der Waals surface area contributed by atoms with Gasteiger partial charge in [-0.25, -0.2) is 0 Å². The largest absolute Gasteiger partial charge is 0.497 e. The van der Waals surface area contributed by atoms with Crippen molar-refractivity contribution < 1.29 is 19.0 Å². The summed E-state index contributed by atoms with van der Waals surface area (Å²) in [6.45, 7) is -0.129. The van der Waals surface area contributed by atoms with Crippen LogP contribution in [0.4, 0.5) is 5.69 Å². The minimum absolute atomic E-state index is 0.129. The fourth-order valence-electron chi connectivity index (χ4n) is 1.79. The van der Waals surface area contributed by atoms with Crippen LogP contribution in [0.15, 0.2) is 42.5 Å². The van der Waals surface area contributed by atoms with Gasteiger partial charge in [0.05, 0.1) is 19.9 Å². The second kappa shape index (κ2) is 7.56. The number of hydrogen-bond acceptors (Lipinski definition) is 4. The number of carbonyl (C=O) groups is 1. The SMILES string of the molecule is COc1ccc(NC(=O)COc2cccc(Cl)c2)c(OC)c1. The van der Waals surface area contributed by atoms with Gasteiger partial charge in [0.25, 0.3) is 5.91 Å². The van der Waals surface area contributed by atoms with E-state index in [0.29, 0.717) is 28.0 Å². The van der Waals surface area contributed by atoms with Crippen LogP contribution in [0.1, 0.15) is 0 Å². The number of halogens is 1. The molecule has 0 saturated carbocycles. The molecule has 0 aromatic heterocycles. The van der Waals surface area contributed by atoms with Crippen molar-refractivity contribution in [1.82, 2.24) is 0 Å². The molecule has 1 N–H and O–H groups in total. The maximum atomic E-state index is 11.9. The van der Waals surface area contributed by atoms with Crippen molar-refractivity contribution in [3.05, 3.63) is 47.5 Å². The number of carbonyl (C=O) groups excluding carboxylic acids is 1. The van der Waals surface area contributed by atoms with E-state index in [1.165, 1.54) is 7.11 Å². The minimum atomic E-state index is -0.302. The number of amides is 1. The van der Waals surface area contributed by atoms with E-state index in [2.05, 4.69) is 5.32 Å². The zero-order chi connectivity index (χ0) is 15.9. The number of anilines is 1. The van der Waals surface area contributed by atoms with Crippen LogP contribution < -0.4 is 19.5 Å². The molecule has 0 aliphatic rings. The van der Waals surface area contributed by atoms with Gasteiger partial charge >= 0.3 is 0 Å². The van der Waals surface area contributed by atoms with E-state index in [4.69, 9.17) is 25.8 Å². The van der Waals surface area contributed by atoms with Crippen molar-refractivity contribution >= 4 is 23.2 Å². The molecular formula is C16H16ClNO4. The number of hydrogen-bond donors (Lipinski definition) is 1. The Hall–Kier alpha value is -2.40. The first-order valence-electron chi connectivity index (χ1n) is 6.52. The lowest BCUT2D eigenvalue weighted by Crippen LogP contribution is -2.20. The summed E-state index contributed by atoms with van der Waals surface area (Å²) in [5.41, 5.74) is 0.544. The fourth-order valence-corrected chi connectivity index (χ4v) is 1.97. The molecule has 2 aromatic rings. The van der Waals surface area contributed by atoms with Crippen molar-refractivity contribution in [2.45, 2.75) is 0 Å². The molecule has 5 nitrogen and oxygen atoms in total. The van der Waals surface area contributed by atoms with E-state index in [1.54, 1.807) is 49.6 Å². The van der Waals surface area contributed by atoms with Gasteiger partial charge in [0.15, 0.2) is 6.61 Å². The lowest BCUT2D eigenvalue weighted by atomic mass is 10.2. The molecule has 6 heteroatoms. The standard InChI is InChI=1S/C16H16ClNO4/c1-20-12-6-7-14(15(9-12)21-2)18-16(19)10-22-13-5-3-4-11(17)8-13/h3-9H,10H2,1-2H3,(H,18,19). The van der Waals surface area contributed by atoms with Crippen LogP contribution >= 0.6 is 11.6 Å². The maximum Gasteiger partial charge on any atom is 0.262 e. The molecular weight excluding hydrogens is 306 g/mol. The van der Waals surface area contributed by atoms with Crippen LogP contribution in [0.25, 0.3) is 0 Å². The molecule has 0 heterocycles. The molecule has 116 valence electrons. The molecule has 0 unspecified atom stereocenters. The molecule has 22 heavy (non-hydrogen) atoms. The Morgan fingerprint density at radius 1 is 1.09 bits per heavy atom. The van der Waals surface area contributed by atoms with Crippen LogP contribution in [-0.4, -0.2) is 26.7 Å². The molecule has 0 atom stereocenters. The van der Waals surface area contributed by atoms with Crippen LogP contribution in [0.3, 0.4) is 0 Å². The van der Waals surface area contributed by atoms with Gasteiger partial charge in [-0.2, -0.15) is 0 Å². The van der Waals surface area contributed by atoms with Crippen molar-refractivity contribution in [2.75, 3.05) is 26.1 Å². The Bertz CT molecular complexity index is 660. The van der Waals surface area contributed by atoms with Crippen LogP contribution in [0.2, 0.25) is 5.02 Å². The van der Waals surface area contributed by atoms with Crippen LogP contribution in [-0.2, 0) is 4.79 Å². The highest BCUT2D eigenvalue weighted by Gasteiger charge is 2.09. The van der Waals surface area contributed by atoms with Gasteiger partial charge in [0.2, 0.25) is 0 Å². The quantitative estimate of drug-likeness (QED) is 0.886. The first kappa shape index (κ1) is 16.0. The van der Waals surface area contributed by atoms with Gasteiger partial charge in [-0.15, -0.1) is 0 Å². The molecule has 2 aromatic carbocycles. The predicted octanol–water partition coefficient (Wildman–Crippen LogP) is 3.37. The Labute approximate surface area is 133 Å². The van der Waals surface area contributed by atoms with Crippen LogP contribution in [0, 0.1) is 0 Å². The van der Waals surface area contributed by atoms with E-state index < -0.39 is 0 Å². The zero-order valence-corrected chi connectivity index (χ0v) is 13.0. The van der Waals surface area contributed by atoms with Crippen molar-refractivity contribution in [3.8, 4) is 17.2 Å². The second-order valence-electron chi connectivity index (χ2n) is 4.36. The summed E-state index contributed by atoms with van der Waals surface area (Å²) in [6.07, 6.45) is 0. The summed E-state index contributed by atoms with van der Waals surface area (Å²) in [4.78, 5) is 11.9. The Morgan fingerprint density at radius 3 is 2.59 bits per heavy atom. The summed E-state index contributed by atoms with van der Waals surface area (Å²) >= 11 is 5.85. The first-order chi connectivity index (χ1) is 10.6. The van der Waals surface area contributed by atoms with Gasteiger partial charge in [-0.05, 0) is 30.3 Å². The van der Waals surface area contributed by atoms with Gasteiger partial charge in [0.1, 0.15) is 17.2 Å². The van der Waals surface area contributed by atoms with Crippen LogP contribution in [0.5, 0.6) is 17.2 Å². The molecule has 0 aliphatic carbocycles. The van der Waals surface area contributed by atoms with E-state index in [9.17, 15) is 4.79 Å². The first-order valence-corrected chi connectivity index (χ1v) is 6.90. The molecule has 0 aliphatic heterocycles. The molecule has 1 amide bonds. The average molecular weight is 322 g/mol. The van der Waals surface area contributed by atoms with Gasteiger partial charge in [-0.3, -0.25) is 4.79 Å². The molecule has 0 spiro atoms. The smallest absolute Gasteiger partial charge is 0.262 e. The summed E-state index contributed by atoms with van der Waals surface area (Å²) in [5, 5.41) is 3.27. The monoisotopic (exact) mass is 321 g/mol. The number of rotatable bonds is 6. The Morgan fingerprint density at radius 2 is 1.91 bits per heavy atom. The zero-order valence-electron chi connectivity index (χ0n) is 12.3. The fraction of sp³-hybridized carbons (Fsp3) is 0.188. The highest BCUT2D eigenvalue weighted by molar-refractivity contribution is 6.30. The van der Waals surface area contributed by atoms with E-state index >= 15 is 0 Å².